The van der Waals surface area contributed by atoms with E-state index in [1.807, 2.05) is 0 Å². The van der Waals surface area contributed by atoms with Crippen molar-refractivity contribution in [2.24, 2.45) is 0 Å². The molecule has 0 aliphatic rings. The van der Waals surface area contributed by atoms with Crippen LogP contribution in [0, 0.1) is 11.6 Å². The number of hydrogen-bond acceptors (Lipinski definition) is 5. The molecule has 0 unspecified atom stereocenters. The quantitative estimate of drug-likeness (QED) is 0.682. The van der Waals surface area contributed by atoms with E-state index < -0.39 is 29.1 Å². The zero-order chi connectivity index (χ0) is 19.6. The third-order valence-corrected chi connectivity index (χ3v) is 4.73. The Morgan fingerprint density at radius 3 is 2.78 bits per heavy atom. The molecular formula is C17H12ClF2N3O3S. The number of urea groups is 1. The van der Waals surface area contributed by atoms with E-state index in [0.717, 1.165) is 16.8 Å². The molecule has 6 nitrogen and oxygen atoms in total. The average Bonchev–Trinajstić information content (AvgIpc) is 3.02. The number of thiazole rings is 1. The van der Waals surface area contributed by atoms with Gasteiger partial charge in [0.2, 0.25) is 0 Å². The molecule has 0 atom stereocenters. The molecule has 10 heteroatoms. The summed E-state index contributed by atoms with van der Waals surface area (Å²) in [6.07, 6.45) is 0. The standard InChI is InChI=1S/C17H12ClF2N3O3S/c1-21-17(25)23-16(24)14-9(19)3-4-11(15(14)20)26-7-13-22-10-6-8(18)2-5-12(10)27-13/h2-6H,7H2,1H3,(H2,21,23,24,25). The Morgan fingerprint density at radius 2 is 2.04 bits per heavy atom. The number of carbonyl (C=O) groups excluding carboxylic acids is 2. The Kier molecular flexibility index (Phi) is 5.52. The fraction of sp³-hybridized carbons (Fsp3) is 0.118. The van der Waals surface area contributed by atoms with Crippen LogP contribution < -0.4 is 15.4 Å². The summed E-state index contributed by atoms with van der Waals surface area (Å²) in [5.41, 5.74) is -0.233. The maximum absolute atomic E-state index is 14.5. The van der Waals surface area contributed by atoms with Gasteiger partial charge in [0, 0.05) is 12.1 Å². The van der Waals surface area contributed by atoms with Crippen LogP contribution in [-0.2, 0) is 6.61 Å². The van der Waals surface area contributed by atoms with E-state index in [1.54, 1.807) is 23.5 Å². The molecular weight excluding hydrogens is 400 g/mol. The van der Waals surface area contributed by atoms with Gasteiger partial charge < -0.3 is 10.1 Å². The number of amides is 3. The first-order chi connectivity index (χ1) is 12.9. The molecule has 1 heterocycles. The second-order valence-electron chi connectivity index (χ2n) is 5.28. The van der Waals surface area contributed by atoms with E-state index in [4.69, 9.17) is 16.3 Å². The normalized spacial score (nSPS) is 10.7. The lowest BCUT2D eigenvalue weighted by atomic mass is 10.1. The topological polar surface area (TPSA) is 80.3 Å². The van der Waals surface area contributed by atoms with Gasteiger partial charge in [0.15, 0.2) is 11.6 Å². The van der Waals surface area contributed by atoms with Crippen LogP contribution in [-0.4, -0.2) is 24.0 Å². The summed E-state index contributed by atoms with van der Waals surface area (Å²) >= 11 is 7.24. The van der Waals surface area contributed by atoms with Crippen LogP contribution in [0.2, 0.25) is 5.02 Å². The van der Waals surface area contributed by atoms with Crippen molar-refractivity contribution in [3.8, 4) is 5.75 Å². The second kappa shape index (κ2) is 7.85. The van der Waals surface area contributed by atoms with Crippen molar-refractivity contribution in [1.82, 2.24) is 15.6 Å². The Balaban J connectivity index is 1.81. The number of fused-ring (bicyclic) bond motifs is 1. The van der Waals surface area contributed by atoms with Gasteiger partial charge in [-0.1, -0.05) is 11.6 Å². The van der Waals surface area contributed by atoms with Crippen LogP contribution in [0.5, 0.6) is 5.75 Å². The first kappa shape index (κ1) is 19.0. The van der Waals surface area contributed by atoms with Gasteiger partial charge >= 0.3 is 6.03 Å². The molecule has 0 saturated carbocycles. The lowest BCUT2D eigenvalue weighted by Crippen LogP contribution is -2.38. The minimum atomic E-state index is -1.22. The van der Waals surface area contributed by atoms with Gasteiger partial charge in [0.1, 0.15) is 23.0 Å². The number of benzene rings is 2. The molecule has 0 fully saturated rings. The summed E-state index contributed by atoms with van der Waals surface area (Å²) in [7, 11) is 1.26. The van der Waals surface area contributed by atoms with E-state index in [-0.39, 0.29) is 12.4 Å². The lowest BCUT2D eigenvalue weighted by molar-refractivity contribution is 0.0955. The van der Waals surface area contributed by atoms with Crippen molar-refractivity contribution in [2.75, 3.05) is 7.05 Å². The lowest BCUT2D eigenvalue weighted by Gasteiger charge is -2.10. The molecule has 3 rings (SSSR count). The number of ether oxygens (including phenoxy) is 1. The molecule has 3 aromatic rings. The van der Waals surface area contributed by atoms with Crippen molar-refractivity contribution < 1.29 is 23.1 Å². The highest BCUT2D eigenvalue weighted by Crippen LogP contribution is 2.28. The van der Waals surface area contributed by atoms with Gasteiger partial charge in [0.25, 0.3) is 5.91 Å². The van der Waals surface area contributed by atoms with E-state index in [1.165, 1.54) is 18.4 Å². The number of rotatable bonds is 4. The van der Waals surface area contributed by atoms with E-state index in [2.05, 4.69) is 10.3 Å². The molecule has 140 valence electrons. The predicted molar refractivity (Wildman–Crippen MR) is 97.2 cm³/mol. The fourth-order valence-electron chi connectivity index (χ4n) is 2.23. The van der Waals surface area contributed by atoms with Crippen LogP contribution >= 0.6 is 22.9 Å². The summed E-state index contributed by atoms with van der Waals surface area (Å²) in [5, 5.41) is 5.01. The summed E-state index contributed by atoms with van der Waals surface area (Å²) in [4.78, 5) is 27.4. The second-order valence-corrected chi connectivity index (χ2v) is 6.83. The highest BCUT2D eigenvalue weighted by atomic mass is 35.5. The third kappa shape index (κ3) is 4.15. The Labute approximate surface area is 161 Å². The molecule has 3 amide bonds. The Bertz CT molecular complexity index is 1040. The van der Waals surface area contributed by atoms with E-state index >= 15 is 0 Å². The highest BCUT2D eigenvalue weighted by molar-refractivity contribution is 7.18. The first-order valence-corrected chi connectivity index (χ1v) is 8.77. The molecule has 0 saturated heterocycles. The maximum Gasteiger partial charge on any atom is 0.321 e. The van der Waals surface area contributed by atoms with Crippen LogP contribution in [0.25, 0.3) is 10.2 Å². The van der Waals surface area contributed by atoms with Gasteiger partial charge in [-0.15, -0.1) is 11.3 Å². The Morgan fingerprint density at radius 1 is 1.26 bits per heavy atom. The van der Waals surface area contributed by atoms with Crippen LogP contribution in [0.15, 0.2) is 30.3 Å². The molecule has 2 N–H and O–H groups in total. The van der Waals surface area contributed by atoms with Crippen molar-refractivity contribution in [1.29, 1.82) is 0 Å². The van der Waals surface area contributed by atoms with Crippen molar-refractivity contribution >= 4 is 45.1 Å². The molecule has 0 bridgehead atoms. The molecule has 2 aromatic carbocycles. The Hall–Kier alpha value is -2.78. The molecule has 0 spiro atoms. The minimum absolute atomic E-state index is 0.0873. The summed E-state index contributed by atoms with van der Waals surface area (Å²) in [5.74, 6) is -3.88. The smallest absolute Gasteiger partial charge is 0.321 e. The summed E-state index contributed by atoms with van der Waals surface area (Å²) in [6, 6.07) is 6.28. The number of nitrogens with one attached hydrogen (secondary N) is 2. The maximum atomic E-state index is 14.5. The molecule has 0 aliphatic carbocycles. The van der Waals surface area contributed by atoms with Gasteiger partial charge in [-0.05, 0) is 30.3 Å². The van der Waals surface area contributed by atoms with Gasteiger partial charge in [0.05, 0.1) is 10.2 Å². The van der Waals surface area contributed by atoms with Crippen LogP contribution in [0.3, 0.4) is 0 Å². The first-order valence-electron chi connectivity index (χ1n) is 7.58. The van der Waals surface area contributed by atoms with E-state index in [9.17, 15) is 18.4 Å². The fourth-order valence-corrected chi connectivity index (χ4v) is 3.26. The van der Waals surface area contributed by atoms with Crippen molar-refractivity contribution in [3.05, 3.63) is 57.6 Å². The van der Waals surface area contributed by atoms with Crippen LogP contribution in [0.4, 0.5) is 13.6 Å². The molecule has 0 aliphatic heterocycles. The van der Waals surface area contributed by atoms with Crippen molar-refractivity contribution in [3.63, 3.8) is 0 Å². The number of nitrogens with zero attached hydrogens (tertiary/aromatic N) is 1. The van der Waals surface area contributed by atoms with E-state index in [0.29, 0.717) is 15.5 Å². The third-order valence-electron chi connectivity index (χ3n) is 3.48. The van der Waals surface area contributed by atoms with Gasteiger partial charge in [-0.3, -0.25) is 10.1 Å². The van der Waals surface area contributed by atoms with Gasteiger partial charge in [-0.25, -0.2) is 18.6 Å². The molecule has 0 radical (unpaired) electrons. The summed E-state index contributed by atoms with van der Waals surface area (Å²) in [6.45, 7) is -0.0873. The number of carbonyl (C=O) groups is 2. The number of aromatic nitrogens is 1. The summed E-state index contributed by atoms with van der Waals surface area (Å²) < 4.78 is 34.6. The number of imide groups is 1. The SMILES string of the molecule is CNC(=O)NC(=O)c1c(F)ccc(OCc2nc3cc(Cl)ccc3s2)c1F. The van der Waals surface area contributed by atoms with Crippen molar-refractivity contribution in [2.45, 2.75) is 6.61 Å². The minimum Gasteiger partial charge on any atom is -0.483 e. The number of hydrogen-bond donors (Lipinski definition) is 2. The zero-order valence-corrected chi connectivity index (χ0v) is 15.4. The number of halogens is 3. The predicted octanol–water partition coefficient (Wildman–Crippen LogP) is 3.88. The zero-order valence-electron chi connectivity index (χ0n) is 13.8. The molecule has 27 heavy (non-hydrogen) atoms. The highest BCUT2D eigenvalue weighted by Gasteiger charge is 2.23. The monoisotopic (exact) mass is 411 g/mol. The van der Waals surface area contributed by atoms with Gasteiger partial charge in [-0.2, -0.15) is 0 Å². The average molecular weight is 412 g/mol. The largest absolute Gasteiger partial charge is 0.483 e. The van der Waals surface area contributed by atoms with Crippen LogP contribution in [0.1, 0.15) is 15.4 Å². The molecule has 1 aromatic heterocycles.